The molecule has 0 fully saturated rings. The van der Waals surface area contributed by atoms with E-state index in [1.807, 2.05) is 6.92 Å². The largest absolute Gasteiger partial charge is 0.393 e. The Morgan fingerprint density at radius 2 is 2.42 bits per heavy atom. The summed E-state index contributed by atoms with van der Waals surface area (Å²) in [5.74, 6) is 0. The maximum absolute atomic E-state index is 9.08. The molecule has 0 amide bonds. The van der Waals surface area contributed by atoms with E-state index in [0.29, 0.717) is 0 Å². The Balaban J connectivity index is 2.32. The van der Waals surface area contributed by atoms with E-state index in [2.05, 4.69) is 15.5 Å². The van der Waals surface area contributed by atoms with E-state index in [4.69, 9.17) is 5.11 Å². The minimum absolute atomic E-state index is 0.234. The number of anilines is 1. The predicted octanol–water partition coefficient (Wildman–Crippen LogP) is 1.11. The maximum atomic E-state index is 9.08. The third-order valence-electron chi connectivity index (χ3n) is 1.42. The Morgan fingerprint density at radius 3 is 2.92 bits per heavy atom. The van der Waals surface area contributed by atoms with Crippen molar-refractivity contribution in [1.82, 2.24) is 10.2 Å². The second-order valence-corrected chi connectivity index (χ2v) is 3.71. The number of aromatic nitrogens is 2. The second kappa shape index (κ2) is 4.37. The molecule has 0 aliphatic heterocycles. The van der Waals surface area contributed by atoms with Crippen molar-refractivity contribution in [3.63, 3.8) is 0 Å². The number of rotatable bonds is 4. The fourth-order valence-electron chi connectivity index (χ4n) is 1.02. The van der Waals surface area contributed by atoms with Crippen molar-refractivity contribution in [2.45, 2.75) is 32.4 Å². The standard InChI is InChI=1S/C7H13N3OS/c1-5(3-6(2)11)9-7-10-8-4-12-7/h4-6,11H,3H2,1-2H3,(H,9,10). The highest BCUT2D eigenvalue weighted by Gasteiger charge is 2.06. The SMILES string of the molecule is CC(O)CC(C)Nc1nncs1. The highest BCUT2D eigenvalue weighted by molar-refractivity contribution is 7.13. The van der Waals surface area contributed by atoms with Crippen LogP contribution in [0.5, 0.6) is 0 Å². The van der Waals surface area contributed by atoms with Gasteiger partial charge in [-0.25, -0.2) is 0 Å². The lowest BCUT2D eigenvalue weighted by atomic mass is 10.2. The molecule has 12 heavy (non-hydrogen) atoms. The van der Waals surface area contributed by atoms with Gasteiger partial charge in [-0.2, -0.15) is 0 Å². The van der Waals surface area contributed by atoms with E-state index in [1.54, 1.807) is 12.4 Å². The fourth-order valence-corrected chi connectivity index (χ4v) is 1.57. The first-order chi connectivity index (χ1) is 5.68. The number of nitrogens with zero attached hydrogens (tertiary/aromatic N) is 2. The van der Waals surface area contributed by atoms with Gasteiger partial charge in [0.05, 0.1) is 6.10 Å². The first-order valence-corrected chi connectivity index (χ1v) is 4.77. The minimum atomic E-state index is -0.277. The third-order valence-corrected chi connectivity index (χ3v) is 2.05. The van der Waals surface area contributed by atoms with Crippen LogP contribution in [0.25, 0.3) is 0 Å². The highest BCUT2D eigenvalue weighted by atomic mass is 32.1. The molecule has 2 N–H and O–H groups in total. The van der Waals surface area contributed by atoms with Gasteiger partial charge in [0, 0.05) is 6.04 Å². The number of nitrogens with one attached hydrogen (secondary N) is 1. The van der Waals surface area contributed by atoms with Gasteiger partial charge >= 0.3 is 0 Å². The second-order valence-electron chi connectivity index (χ2n) is 2.87. The Morgan fingerprint density at radius 1 is 1.67 bits per heavy atom. The van der Waals surface area contributed by atoms with Gasteiger partial charge in [-0.1, -0.05) is 11.3 Å². The zero-order valence-electron chi connectivity index (χ0n) is 7.19. The molecular formula is C7H13N3OS. The van der Waals surface area contributed by atoms with Gasteiger partial charge < -0.3 is 10.4 Å². The summed E-state index contributed by atoms with van der Waals surface area (Å²) < 4.78 is 0. The molecule has 0 aliphatic rings. The molecule has 0 saturated heterocycles. The topological polar surface area (TPSA) is 58.0 Å². The Bertz CT molecular complexity index is 212. The van der Waals surface area contributed by atoms with E-state index in [9.17, 15) is 0 Å². The molecule has 0 radical (unpaired) electrons. The molecule has 5 heteroatoms. The molecular weight excluding hydrogens is 174 g/mol. The van der Waals surface area contributed by atoms with Crippen LogP contribution in [-0.2, 0) is 0 Å². The van der Waals surface area contributed by atoms with Crippen LogP contribution < -0.4 is 5.32 Å². The van der Waals surface area contributed by atoms with Gasteiger partial charge in [-0.3, -0.25) is 0 Å². The lowest BCUT2D eigenvalue weighted by molar-refractivity contribution is 0.179. The van der Waals surface area contributed by atoms with Crippen LogP contribution in [0.2, 0.25) is 0 Å². The van der Waals surface area contributed by atoms with Gasteiger partial charge in [0.15, 0.2) is 0 Å². The van der Waals surface area contributed by atoms with Crippen molar-refractivity contribution in [1.29, 1.82) is 0 Å². The van der Waals surface area contributed by atoms with Crippen LogP contribution in [0.15, 0.2) is 5.51 Å². The number of aliphatic hydroxyl groups is 1. The fraction of sp³-hybridized carbons (Fsp3) is 0.714. The summed E-state index contributed by atoms with van der Waals surface area (Å²) in [5, 5.41) is 20.6. The quantitative estimate of drug-likeness (QED) is 0.741. The van der Waals surface area contributed by atoms with E-state index < -0.39 is 0 Å². The van der Waals surface area contributed by atoms with Crippen molar-refractivity contribution in [2.75, 3.05) is 5.32 Å². The summed E-state index contributed by atoms with van der Waals surface area (Å²) in [6, 6.07) is 0.234. The van der Waals surface area contributed by atoms with Crippen LogP contribution >= 0.6 is 11.3 Å². The molecule has 0 bridgehead atoms. The van der Waals surface area contributed by atoms with Crippen molar-refractivity contribution in [3.8, 4) is 0 Å². The van der Waals surface area contributed by atoms with Crippen LogP contribution in [0.3, 0.4) is 0 Å². The molecule has 2 unspecified atom stereocenters. The van der Waals surface area contributed by atoms with Gasteiger partial charge in [-0.05, 0) is 20.3 Å². The first-order valence-electron chi connectivity index (χ1n) is 3.89. The summed E-state index contributed by atoms with van der Waals surface area (Å²) >= 11 is 1.46. The lowest BCUT2D eigenvalue weighted by Gasteiger charge is -2.13. The number of hydrogen-bond acceptors (Lipinski definition) is 5. The van der Waals surface area contributed by atoms with Crippen LogP contribution in [0, 0.1) is 0 Å². The number of hydrogen-bond donors (Lipinski definition) is 2. The molecule has 1 aromatic rings. The first kappa shape index (κ1) is 9.41. The van der Waals surface area contributed by atoms with Crippen molar-refractivity contribution in [3.05, 3.63) is 5.51 Å². The zero-order chi connectivity index (χ0) is 8.97. The van der Waals surface area contributed by atoms with Crippen molar-refractivity contribution in [2.24, 2.45) is 0 Å². The summed E-state index contributed by atoms with van der Waals surface area (Å²) in [7, 11) is 0. The molecule has 2 atom stereocenters. The molecule has 4 nitrogen and oxygen atoms in total. The smallest absolute Gasteiger partial charge is 0.205 e. The van der Waals surface area contributed by atoms with Gasteiger partial charge in [0.25, 0.3) is 0 Å². The van der Waals surface area contributed by atoms with Crippen molar-refractivity contribution >= 4 is 16.5 Å². The number of aliphatic hydroxyl groups excluding tert-OH is 1. The van der Waals surface area contributed by atoms with Crippen LogP contribution in [-0.4, -0.2) is 27.4 Å². The van der Waals surface area contributed by atoms with E-state index >= 15 is 0 Å². The Hall–Kier alpha value is -0.680. The normalized spacial score (nSPS) is 15.6. The summed E-state index contributed by atoms with van der Waals surface area (Å²) in [6.07, 6.45) is 0.444. The third kappa shape index (κ3) is 3.15. The van der Waals surface area contributed by atoms with Crippen LogP contribution in [0.4, 0.5) is 5.13 Å². The van der Waals surface area contributed by atoms with Crippen LogP contribution in [0.1, 0.15) is 20.3 Å². The van der Waals surface area contributed by atoms with E-state index in [0.717, 1.165) is 11.6 Å². The molecule has 1 heterocycles. The molecule has 0 aromatic carbocycles. The van der Waals surface area contributed by atoms with Gasteiger partial charge in [0.2, 0.25) is 5.13 Å². The van der Waals surface area contributed by atoms with E-state index in [-0.39, 0.29) is 12.1 Å². The highest BCUT2D eigenvalue weighted by Crippen LogP contribution is 2.11. The predicted molar refractivity (Wildman–Crippen MR) is 49.3 cm³/mol. The molecule has 68 valence electrons. The lowest BCUT2D eigenvalue weighted by Crippen LogP contribution is -2.20. The molecule has 0 aliphatic carbocycles. The minimum Gasteiger partial charge on any atom is -0.393 e. The summed E-state index contributed by atoms with van der Waals surface area (Å²) in [4.78, 5) is 0. The summed E-state index contributed by atoms with van der Waals surface area (Å²) in [5.41, 5.74) is 1.68. The van der Waals surface area contributed by atoms with E-state index in [1.165, 1.54) is 11.3 Å². The Kier molecular flexibility index (Phi) is 3.43. The monoisotopic (exact) mass is 187 g/mol. The zero-order valence-corrected chi connectivity index (χ0v) is 8.01. The molecule has 0 spiro atoms. The average molecular weight is 187 g/mol. The average Bonchev–Trinajstić information content (AvgIpc) is 2.37. The van der Waals surface area contributed by atoms with Crippen molar-refractivity contribution < 1.29 is 5.11 Å². The Labute approximate surface area is 75.6 Å². The van der Waals surface area contributed by atoms with Gasteiger partial charge in [-0.15, -0.1) is 10.2 Å². The molecule has 1 rings (SSSR count). The molecule has 1 aromatic heterocycles. The molecule has 0 saturated carbocycles. The van der Waals surface area contributed by atoms with Gasteiger partial charge in [0.1, 0.15) is 5.51 Å². The summed E-state index contributed by atoms with van der Waals surface area (Å²) in [6.45, 7) is 3.78. The maximum Gasteiger partial charge on any atom is 0.205 e.